The Morgan fingerprint density at radius 1 is 1.32 bits per heavy atom. The van der Waals surface area contributed by atoms with Crippen molar-refractivity contribution in [1.82, 2.24) is 4.90 Å². The van der Waals surface area contributed by atoms with Crippen molar-refractivity contribution in [2.75, 3.05) is 11.5 Å². The number of sulfone groups is 1. The Labute approximate surface area is 151 Å². The molecule has 132 valence electrons. The van der Waals surface area contributed by atoms with Gasteiger partial charge in [0.05, 0.1) is 17.8 Å². The summed E-state index contributed by atoms with van der Waals surface area (Å²) < 4.78 is 28.8. The van der Waals surface area contributed by atoms with Crippen molar-refractivity contribution in [2.24, 2.45) is 0 Å². The van der Waals surface area contributed by atoms with E-state index in [1.807, 2.05) is 12.1 Å². The highest BCUT2D eigenvalue weighted by molar-refractivity contribution is 7.91. The van der Waals surface area contributed by atoms with E-state index in [0.29, 0.717) is 23.7 Å². The fraction of sp³-hybridized carbons (Fsp3) is 0.278. The van der Waals surface area contributed by atoms with Crippen LogP contribution in [0, 0.1) is 0 Å². The predicted octanol–water partition coefficient (Wildman–Crippen LogP) is 3.16. The number of hydrogen-bond donors (Lipinski definition) is 0. The summed E-state index contributed by atoms with van der Waals surface area (Å²) in [6.45, 7) is 0.308. The van der Waals surface area contributed by atoms with Crippen LogP contribution in [0.1, 0.15) is 17.7 Å². The van der Waals surface area contributed by atoms with E-state index in [0.717, 1.165) is 5.56 Å². The Kier molecular flexibility index (Phi) is 5.30. The molecule has 0 radical (unpaired) electrons. The first-order valence-corrected chi connectivity index (χ1v) is 10.1. The summed E-state index contributed by atoms with van der Waals surface area (Å²) in [5, 5.41) is 0.579. The first kappa shape index (κ1) is 17.8. The molecule has 7 heteroatoms. The molecule has 1 aliphatic rings. The highest BCUT2D eigenvalue weighted by Gasteiger charge is 2.34. The summed E-state index contributed by atoms with van der Waals surface area (Å²) in [4.78, 5) is 14.3. The molecule has 0 spiro atoms. The summed E-state index contributed by atoms with van der Waals surface area (Å²) in [7, 11) is -3.10. The molecule has 0 N–H and O–H groups in total. The van der Waals surface area contributed by atoms with Gasteiger partial charge in [-0.3, -0.25) is 4.79 Å². The lowest BCUT2D eigenvalue weighted by Gasteiger charge is -2.27. The molecule has 1 fully saturated rings. The van der Waals surface area contributed by atoms with Gasteiger partial charge in [0, 0.05) is 23.7 Å². The maximum absolute atomic E-state index is 12.7. The Morgan fingerprint density at radius 3 is 2.80 bits per heavy atom. The molecule has 2 heterocycles. The summed E-state index contributed by atoms with van der Waals surface area (Å²) in [6.07, 6.45) is 4.96. The second-order valence-corrected chi connectivity index (χ2v) is 8.67. The molecule has 0 bridgehead atoms. The third kappa shape index (κ3) is 4.74. The smallest absolute Gasteiger partial charge is 0.247 e. The van der Waals surface area contributed by atoms with Crippen LogP contribution in [0.15, 0.2) is 53.2 Å². The fourth-order valence-electron chi connectivity index (χ4n) is 2.88. The zero-order valence-electron chi connectivity index (χ0n) is 13.5. The number of amides is 1. The molecule has 1 amide bonds. The Morgan fingerprint density at radius 2 is 2.16 bits per heavy atom. The summed E-state index contributed by atoms with van der Waals surface area (Å²) in [6, 6.07) is 10.4. The third-order valence-electron chi connectivity index (χ3n) is 4.11. The van der Waals surface area contributed by atoms with E-state index < -0.39 is 9.84 Å². The van der Waals surface area contributed by atoms with Gasteiger partial charge in [-0.2, -0.15) is 0 Å². The summed E-state index contributed by atoms with van der Waals surface area (Å²) >= 11 is 6.02. The van der Waals surface area contributed by atoms with Crippen LogP contribution in [0.2, 0.25) is 5.02 Å². The molecule has 0 saturated carbocycles. The van der Waals surface area contributed by atoms with Gasteiger partial charge in [-0.15, -0.1) is 0 Å². The van der Waals surface area contributed by atoms with Crippen LogP contribution >= 0.6 is 11.6 Å². The van der Waals surface area contributed by atoms with Crippen molar-refractivity contribution in [2.45, 2.75) is 19.0 Å². The lowest BCUT2D eigenvalue weighted by molar-refractivity contribution is -0.128. The molecule has 5 nitrogen and oxygen atoms in total. The van der Waals surface area contributed by atoms with Gasteiger partial charge in [0.1, 0.15) is 5.76 Å². The number of hydrogen-bond acceptors (Lipinski definition) is 4. The van der Waals surface area contributed by atoms with Gasteiger partial charge in [-0.1, -0.05) is 23.7 Å². The number of halogens is 1. The van der Waals surface area contributed by atoms with E-state index in [1.165, 1.54) is 12.3 Å². The monoisotopic (exact) mass is 379 g/mol. The lowest BCUT2D eigenvalue weighted by Crippen LogP contribution is -2.39. The minimum Gasteiger partial charge on any atom is -0.465 e. The van der Waals surface area contributed by atoms with Crippen LogP contribution in [-0.2, 0) is 21.2 Å². The summed E-state index contributed by atoms with van der Waals surface area (Å²) in [5.41, 5.74) is 0.858. The van der Waals surface area contributed by atoms with E-state index in [-0.39, 0.29) is 23.5 Å². The van der Waals surface area contributed by atoms with Gasteiger partial charge >= 0.3 is 0 Å². The largest absolute Gasteiger partial charge is 0.465 e. The van der Waals surface area contributed by atoms with Crippen LogP contribution in [0.25, 0.3) is 6.08 Å². The van der Waals surface area contributed by atoms with E-state index in [9.17, 15) is 13.2 Å². The molecule has 0 unspecified atom stereocenters. The SMILES string of the molecule is O=C(/C=C/c1ccco1)N(Cc1cccc(Cl)c1)[C@H]1CCS(=O)(=O)C1. The van der Waals surface area contributed by atoms with Gasteiger partial charge in [0.15, 0.2) is 9.84 Å². The van der Waals surface area contributed by atoms with E-state index >= 15 is 0 Å². The second-order valence-electron chi connectivity index (χ2n) is 6.00. The zero-order chi connectivity index (χ0) is 17.9. The van der Waals surface area contributed by atoms with E-state index in [4.69, 9.17) is 16.0 Å². The van der Waals surface area contributed by atoms with Crippen molar-refractivity contribution >= 4 is 33.4 Å². The molecule has 2 aromatic rings. The first-order valence-electron chi connectivity index (χ1n) is 7.90. The van der Waals surface area contributed by atoms with Crippen molar-refractivity contribution in [1.29, 1.82) is 0 Å². The summed E-state index contributed by atoms with van der Waals surface area (Å²) in [5.74, 6) is 0.417. The number of benzene rings is 1. The van der Waals surface area contributed by atoms with Crippen LogP contribution in [0.4, 0.5) is 0 Å². The Balaban J connectivity index is 1.82. The van der Waals surface area contributed by atoms with Crippen LogP contribution in [0.3, 0.4) is 0 Å². The van der Waals surface area contributed by atoms with Crippen LogP contribution < -0.4 is 0 Å². The molecule has 25 heavy (non-hydrogen) atoms. The van der Waals surface area contributed by atoms with Gasteiger partial charge in [0.2, 0.25) is 5.91 Å². The highest BCUT2D eigenvalue weighted by Crippen LogP contribution is 2.22. The fourth-order valence-corrected chi connectivity index (χ4v) is 4.82. The third-order valence-corrected chi connectivity index (χ3v) is 6.09. The Bertz CT molecular complexity index is 874. The van der Waals surface area contributed by atoms with Crippen molar-refractivity contribution in [3.05, 3.63) is 65.1 Å². The lowest BCUT2D eigenvalue weighted by atomic mass is 10.1. The number of carbonyl (C=O) groups excluding carboxylic acids is 1. The maximum atomic E-state index is 12.7. The van der Waals surface area contributed by atoms with Crippen molar-refractivity contribution in [3.63, 3.8) is 0 Å². The molecular formula is C18H18ClNO4S. The van der Waals surface area contributed by atoms with Gasteiger partial charge in [0.25, 0.3) is 0 Å². The molecule has 1 saturated heterocycles. The quantitative estimate of drug-likeness (QED) is 0.748. The molecule has 1 atom stereocenters. The van der Waals surface area contributed by atoms with Gasteiger partial charge in [-0.25, -0.2) is 8.42 Å². The molecule has 1 aromatic carbocycles. The molecular weight excluding hydrogens is 362 g/mol. The average Bonchev–Trinajstić information content (AvgIpc) is 3.19. The van der Waals surface area contributed by atoms with Crippen LogP contribution in [0.5, 0.6) is 0 Å². The van der Waals surface area contributed by atoms with Crippen LogP contribution in [-0.4, -0.2) is 36.8 Å². The topological polar surface area (TPSA) is 67.6 Å². The van der Waals surface area contributed by atoms with Crippen molar-refractivity contribution < 1.29 is 17.6 Å². The second kappa shape index (κ2) is 7.45. The highest BCUT2D eigenvalue weighted by atomic mass is 35.5. The standard InChI is InChI=1S/C18H18ClNO4S/c19-15-4-1-3-14(11-15)12-20(16-8-10-25(22,23)13-16)18(21)7-6-17-5-2-9-24-17/h1-7,9,11,16H,8,10,12-13H2/b7-6+/t16-/m0/s1. The molecule has 3 rings (SSSR count). The van der Waals surface area contributed by atoms with Gasteiger partial charge in [-0.05, 0) is 42.3 Å². The minimum atomic E-state index is -3.10. The number of rotatable bonds is 5. The molecule has 1 aliphatic heterocycles. The maximum Gasteiger partial charge on any atom is 0.247 e. The predicted molar refractivity (Wildman–Crippen MR) is 96.8 cm³/mol. The minimum absolute atomic E-state index is 0.00605. The molecule has 0 aliphatic carbocycles. The van der Waals surface area contributed by atoms with E-state index in [2.05, 4.69) is 0 Å². The van der Waals surface area contributed by atoms with E-state index in [1.54, 1.807) is 35.2 Å². The Hall–Kier alpha value is -2.05. The zero-order valence-corrected chi connectivity index (χ0v) is 15.0. The first-order chi connectivity index (χ1) is 11.9. The number of furan rings is 1. The number of nitrogens with zero attached hydrogens (tertiary/aromatic N) is 1. The average molecular weight is 380 g/mol. The number of carbonyl (C=O) groups is 1. The van der Waals surface area contributed by atoms with Crippen molar-refractivity contribution in [3.8, 4) is 0 Å². The van der Waals surface area contributed by atoms with Gasteiger partial charge < -0.3 is 9.32 Å². The normalized spacial score (nSPS) is 19.3. The molecule has 1 aromatic heterocycles.